The first-order valence-corrected chi connectivity index (χ1v) is 4.77. The second-order valence-electron chi connectivity index (χ2n) is 3.23. The lowest BCUT2D eigenvalue weighted by atomic mass is 10.2. The fourth-order valence-corrected chi connectivity index (χ4v) is 1.23. The van der Waals surface area contributed by atoms with Crippen molar-refractivity contribution in [3.8, 4) is 5.75 Å². The molecule has 0 atom stereocenters. The van der Waals surface area contributed by atoms with Gasteiger partial charge in [0.1, 0.15) is 5.82 Å². The molecule has 0 fully saturated rings. The number of benzene rings is 1. The zero-order valence-electron chi connectivity index (χ0n) is 8.42. The Balaban J connectivity index is 2.24. The van der Waals surface area contributed by atoms with Gasteiger partial charge in [-0.2, -0.15) is 0 Å². The fraction of sp³-hybridized carbons (Fsp3) is 0. The Labute approximate surface area is 91.9 Å². The molecule has 0 unspecified atom stereocenters. The van der Waals surface area contributed by atoms with Gasteiger partial charge in [0.2, 0.25) is 0 Å². The second-order valence-corrected chi connectivity index (χ2v) is 3.23. The molecule has 1 heterocycles. The van der Waals surface area contributed by atoms with Gasteiger partial charge in [-0.15, -0.1) is 0 Å². The molecule has 2 rings (SSSR count). The Hall–Kier alpha value is -2.36. The summed E-state index contributed by atoms with van der Waals surface area (Å²) in [5, 5.41) is 9.00. The van der Waals surface area contributed by atoms with Gasteiger partial charge in [-0.1, -0.05) is 36.4 Å². The lowest BCUT2D eigenvalue weighted by Gasteiger charge is -1.94. The molecule has 0 radical (unpaired) electrons. The smallest absolute Gasteiger partial charge is 0.293 e. The highest BCUT2D eigenvalue weighted by molar-refractivity contribution is 5.66. The Bertz CT molecular complexity index is 559. The molecular weight excluding hydrogens is 204 g/mol. The van der Waals surface area contributed by atoms with Gasteiger partial charge in [-0.3, -0.25) is 4.79 Å². The molecule has 1 aromatic heterocycles. The number of nitrogens with zero attached hydrogens (tertiary/aromatic N) is 1. The molecule has 2 N–H and O–H groups in total. The largest absolute Gasteiger partial charge is 0.502 e. The number of nitrogens with one attached hydrogen (secondary N) is 1. The third kappa shape index (κ3) is 2.36. The molecule has 16 heavy (non-hydrogen) atoms. The van der Waals surface area contributed by atoms with E-state index in [2.05, 4.69) is 9.97 Å². The minimum absolute atomic E-state index is 0.378. The van der Waals surface area contributed by atoms with E-state index < -0.39 is 5.56 Å². The standard InChI is InChI=1S/C12H10N2O2/c15-10-8-13-11(14-12(10)16)7-6-9-4-2-1-3-5-9/h1-8,15H,(H,13,14,16). The van der Waals surface area contributed by atoms with E-state index in [1.165, 1.54) is 0 Å². The van der Waals surface area contributed by atoms with Crippen LogP contribution in [-0.4, -0.2) is 15.1 Å². The monoisotopic (exact) mass is 214 g/mol. The van der Waals surface area contributed by atoms with Crippen LogP contribution in [0.15, 0.2) is 41.3 Å². The Morgan fingerprint density at radius 2 is 1.94 bits per heavy atom. The van der Waals surface area contributed by atoms with Crippen molar-refractivity contribution in [3.05, 3.63) is 58.3 Å². The SMILES string of the molecule is O=c1[nH]c(C=Cc2ccccc2)ncc1O. The van der Waals surface area contributed by atoms with Gasteiger partial charge in [-0.05, 0) is 11.6 Å². The number of rotatable bonds is 2. The molecule has 0 bridgehead atoms. The molecule has 0 aliphatic carbocycles. The average molecular weight is 214 g/mol. The summed E-state index contributed by atoms with van der Waals surface area (Å²) in [5.74, 6) is 0.0310. The van der Waals surface area contributed by atoms with Gasteiger partial charge in [0.05, 0.1) is 6.20 Å². The summed E-state index contributed by atoms with van der Waals surface area (Å²) in [6.07, 6.45) is 4.63. The predicted octanol–water partition coefficient (Wildman–Crippen LogP) is 1.65. The lowest BCUT2D eigenvalue weighted by molar-refractivity contribution is 0.463. The highest BCUT2D eigenvalue weighted by atomic mass is 16.3. The first kappa shape index (κ1) is 10.2. The fourth-order valence-electron chi connectivity index (χ4n) is 1.23. The van der Waals surface area contributed by atoms with E-state index >= 15 is 0 Å². The summed E-state index contributed by atoms with van der Waals surface area (Å²) in [6.45, 7) is 0. The summed E-state index contributed by atoms with van der Waals surface area (Å²) < 4.78 is 0. The number of aromatic nitrogens is 2. The number of hydrogen-bond acceptors (Lipinski definition) is 3. The van der Waals surface area contributed by atoms with E-state index in [9.17, 15) is 4.79 Å². The molecule has 0 saturated heterocycles. The lowest BCUT2D eigenvalue weighted by Crippen LogP contribution is -2.07. The van der Waals surface area contributed by atoms with Gasteiger partial charge in [0.15, 0.2) is 5.75 Å². The number of aromatic amines is 1. The van der Waals surface area contributed by atoms with Gasteiger partial charge < -0.3 is 10.1 Å². The molecule has 0 amide bonds. The van der Waals surface area contributed by atoms with Crippen LogP contribution in [0, 0.1) is 0 Å². The van der Waals surface area contributed by atoms with Gasteiger partial charge in [-0.25, -0.2) is 4.98 Å². The summed E-state index contributed by atoms with van der Waals surface area (Å²) in [4.78, 5) is 17.4. The Morgan fingerprint density at radius 1 is 1.19 bits per heavy atom. The van der Waals surface area contributed by atoms with Crippen molar-refractivity contribution in [3.63, 3.8) is 0 Å². The highest BCUT2D eigenvalue weighted by Gasteiger charge is 1.96. The predicted molar refractivity (Wildman–Crippen MR) is 61.9 cm³/mol. The van der Waals surface area contributed by atoms with Crippen LogP contribution < -0.4 is 5.56 Å². The minimum Gasteiger partial charge on any atom is -0.502 e. The maximum atomic E-state index is 11.1. The summed E-state index contributed by atoms with van der Waals surface area (Å²) in [7, 11) is 0. The van der Waals surface area contributed by atoms with Crippen LogP contribution in [0.2, 0.25) is 0 Å². The number of aromatic hydroxyl groups is 1. The highest BCUT2D eigenvalue weighted by Crippen LogP contribution is 2.04. The van der Waals surface area contributed by atoms with Crippen molar-refractivity contribution < 1.29 is 5.11 Å². The van der Waals surface area contributed by atoms with Crippen molar-refractivity contribution in [2.75, 3.05) is 0 Å². The van der Waals surface area contributed by atoms with Crippen molar-refractivity contribution in [1.82, 2.24) is 9.97 Å². The van der Waals surface area contributed by atoms with Crippen LogP contribution in [-0.2, 0) is 0 Å². The first-order valence-electron chi connectivity index (χ1n) is 4.77. The minimum atomic E-state index is -0.539. The van der Waals surface area contributed by atoms with Crippen molar-refractivity contribution in [2.45, 2.75) is 0 Å². The Morgan fingerprint density at radius 3 is 2.62 bits per heavy atom. The van der Waals surface area contributed by atoms with Crippen LogP contribution >= 0.6 is 0 Å². The average Bonchev–Trinajstić information content (AvgIpc) is 2.32. The quantitative estimate of drug-likeness (QED) is 0.798. The topological polar surface area (TPSA) is 66.0 Å². The van der Waals surface area contributed by atoms with Gasteiger partial charge >= 0.3 is 0 Å². The van der Waals surface area contributed by atoms with E-state index in [0.29, 0.717) is 5.82 Å². The molecule has 4 heteroatoms. The van der Waals surface area contributed by atoms with Gasteiger partial charge in [0.25, 0.3) is 5.56 Å². The first-order chi connectivity index (χ1) is 7.75. The third-order valence-corrected chi connectivity index (χ3v) is 2.03. The summed E-state index contributed by atoms with van der Waals surface area (Å²) >= 11 is 0. The molecule has 80 valence electrons. The molecule has 0 spiro atoms. The number of hydrogen-bond donors (Lipinski definition) is 2. The van der Waals surface area contributed by atoms with Crippen LogP contribution in [0.5, 0.6) is 5.75 Å². The normalized spacial score (nSPS) is 10.8. The van der Waals surface area contributed by atoms with Crippen molar-refractivity contribution in [2.24, 2.45) is 0 Å². The molecular formula is C12H10N2O2. The van der Waals surface area contributed by atoms with Crippen LogP contribution in [0.4, 0.5) is 0 Å². The van der Waals surface area contributed by atoms with E-state index in [1.807, 2.05) is 36.4 Å². The van der Waals surface area contributed by atoms with Crippen molar-refractivity contribution in [1.29, 1.82) is 0 Å². The molecule has 0 aliphatic rings. The Kier molecular flexibility index (Phi) is 2.82. The maximum absolute atomic E-state index is 11.1. The van der Waals surface area contributed by atoms with E-state index in [0.717, 1.165) is 11.8 Å². The zero-order valence-corrected chi connectivity index (χ0v) is 8.42. The molecule has 2 aromatic rings. The van der Waals surface area contributed by atoms with E-state index in [-0.39, 0.29) is 5.75 Å². The van der Waals surface area contributed by atoms with Crippen LogP contribution in [0.3, 0.4) is 0 Å². The number of H-pyrrole nitrogens is 1. The molecule has 1 aromatic carbocycles. The summed E-state index contributed by atoms with van der Waals surface area (Å²) in [6, 6.07) is 9.65. The molecule has 0 saturated carbocycles. The van der Waals surface area contributed by atoms with Gasteiger partial charge in [0, 0.05) is 0 Å². The van der Waals surface area contributed by atoms with E-state index in [1.54, 1.807) is 6.08 Å². The zero-order chi connectivity index (χ0) is 11.4. The summed E-state index contributed by atoms with van der Waals surface area (Å²) in [5.41, 5.74) is 0.473. The van der Waals surface area contributed by atoms with Crippen LogP contribution in [0.25, 0.3) is 12.2 Å². The van der Waals surface area contributed by atoms with E-state index in [4.69, 9.17) is 5.11 Å². The van der Waals surface area contributed by atoms with Crippen molar-refractivity contribution >= 4 is 12.2 Å². The van der Waals surface area contributed by atoms with Crippen LogP contribution in [0.1, 0.15) is 11.4 Å². The third-order valence-electron chi connectivity index (χ3n) is 2.03. The molecule has 0 aliphatic heterocycles. The second kappa shape index (κ2) is 4.44. The maximum Gasteiger partial charge on any atom is 0.293 e. The molecule has 4 nitrogen and oxygen atoms in total.